The Bertz CT molecular complexity index is 277. The second-order valence-electron chi connectivity index (χ2n) is 3.19. The molecule has 0 heterocycles. The molecule has 0 aliphatic carbocycles. The number of halogens is 1. The van der Waals surface area contributed by atoms with Crippen molar-refractivity contribution in [3.05, 3.63) is 35.4 Å². The molecule has 0 spiro atoms. The van der Waals surface area contributed by atoms with Gasteiger partial charge in [0.15, 0.2) is 4.69 Å². The Hall–Kier alpha value is -0.630. The van der Waals surface area contributed by atoms with Gasteiger partial charge in [-0.2, -0.15) is 0 Å². The number of rotatable bonds is 4. The minimum absolute atomic E-state index is 0.0969. The summed E-state index contributed by atoms with van der Waals surface area (Å²) >= 11 is 2.92. The molecule has 0 bridgehead atoms. The Kier molecular flexibility index (Phi) is 4.16. The lowest BCUT2D eigenvalue weighted by Gasteiger charge is -1.99. The Labute approximate surface area is 87.3 Å². The number of carbonyl (C=O) groups is 1. The van der Waals surface area contributed by atoms with E-state index in [0.29, 0.717) is 6.42 Å². The van der Waals surface area contributed by atoms with Crippen LogP contribution in [0.15, 0.2) is 24.3 Å². The maximum Gasteiger partial charge on any atom is 0.197 e. The third-order valence-electron chi connectivity index (χ3n) is 1.96. The van der Waals surface area contributed by atoms with Crippen molar-refractivity contribution in [3.8, 4) is 0 Å². The van der Waals surface area contributed by atoms with E-state index in [4.69, 9.17) is 0 Å². The van der Waals surface area contributed by atoms with Crippen LogP contribution in [0.5, 0.6) is 0 Å². The van der Waals surface area contributed by atoms with Gasteiger partial charge >= 0.3 is 0 Å². The van der Waals surface area contributed by atoms with Gasteiger partial charge in [0.2, 0.25) is 0 Å². The second kappa shape index (κ2) is 5.18. The van der Waals surface area contributed by atoms with Gasteiger partial charge in [0.25, 0.3) is 0 Å². The molecule has 0 saturated carbocycles. The summed E-state index contributed by atoms with van der Waals surface area (Å²) in [6.45, 7) is 2.08. The summed E-state index contributed by atoms with van der Waals surface area (Å²) in [5.74, 6) is 0. The van der Waals surface area contributed by atoms with Crippen molar-refractivity contribution in [3.63, 3.8) is 0 Å². The standard InChI is InChI=1S/C11H13BrO/c1-9-5-7-10(8-6-9)3-2-4-11(12)13/h5-8H,2-4H2,1H3. The van der Waals surface area contributed by atoms with Crippen molar-refractivity contribution in [2.45, 2.75) is 26.2 Å². The van der Waals surface area contributed by atoms with Crippen LogP contribution >= 0.6 is 15.9 Å². The minimum Gasteiger partial charge on any atom is -0.287 e. The molecule has 0 atom stereocenters. The molecular formula is C11H13BrO. The van der Waals surface area contributed by atoms with E-state index in [9.17, 15) is 4.79 Å². The molecule has 1 nitrogen and oxygen atoms in total. The molecule has 0 N–H and O–H groups in total. The lowest BCUT2D eigenvalue weighted by molar-refractivity contribution is -0.110. The molecule has 0 saturated heterocycles. The molecule has 0 radical (unpaired) electrons. The Morgan fingerprint density at radius 2 is 1.92 bits per heavy atom. The van der Waals surface area contributed by atoms with E-state index in [0.717, 1.165) is 12.8 Å². The zero-order valence-corrected chi connectivity index (χ0v) is 9.30. The third kappa shape index (κ3) is 4.23. The largest absolute Gasteiger partial charge is 0.287 e. The Balaban J connectivity index is 2.37. The fraction of sp³-hybridized carbons (Fsp3) is 0.364. The first-order chi connectivity index (χ1) is 6.18. The van der Waals surface area contributed by atoms with Gasteiger partial charge in [0, 0.05) is 6.42 Å². The van der Waals surface area contributed by atoms with Gasteiger partial charge in [-0.05, 0) is 41.3 Å². The predicted molar refractivity (Wildman–Crippen MR) is 58.1 cm³/mol. The summed E-state index contributed by atoms with van der Waals surface area (Å²) < 4.78 is 0.0969. The quantitative estimate of drug-likeness (QED) is 0.739. The van der Waals surface area contributed by atoms with Crippen molar-refractivity contribution in [1.82, 2.24) is 0 Å². The van der Waals surface area contributed by atoms with Crippen molar-refractivity contribution in [1.29, 1.82) is 0 Å². The number of aryl methyl sites for hydroxylation is 2. The zero-order chi connectivity index (χ0) is 9.68. The topological polar surface area (TPSA) is 17.1 Å². The molecule has 0 aliphatic rings. The highest BCUT2D eigenvalue weighted by Crippen LogP contribution is 2.08. The van der Waals surface area contributed by atoms with Crippen LogP contribution in [0.2, 0.25) is 0 Å². The van der Waals surface area contributed by atoms with Crippen molar-refractivity contribution >= 4 is 20.6 Å². The maximum absolute atomic E-state index is 10.6. The maximum atomic E-state index is 10.6. The van der Waals surface area contributed by atoms with Crippen LogP contribution in [0.3, 0.4) is 0 Å². The van der Waals surface area contributed by atoms with E-state index in [1.165, 1.54) is 11.1 Å². The number of carbonyl (C=O) groups excluding carboxylic acids is 1. The number of hydrogen-bond donors (Lipinski definition) is 0. The monoisotopic (exact) mass is 240 g/mol. The van der Waals surface area contributed by atoms with E-state index in [1.54, 1.807) is 0 Å². The fourth-order valence-corrected chi connectivity index (χ4v) is 1.47. The Morgan fingerprint density at radius 3 is 2.46 bits per heavy atom. The summed E-state index contributed by atoms with van der Waals surface area (Å²) in [4.78, 5) is 10.6. The second-order valence-corrected chi connectivity index (χ2v) is 4.08. The average Bonchev–Trinajstić information content (AvgIpc) is 2.08. The predicted octanol–water partition coefficient (Wildman–Crippen LogP) is 3.24. The molecule has 0 amide bonds. The molecule has 70 valence electrons. The van der Waals surface area contributed by atoms with E-state index in [-0.39, 0.29) is 4.69 Å². The molecule has 0 aliphatic heterocycles. The van der Waals surface area contributed by atoms with Crippen LogP contribution in [0.4, 0.5) is 0 Å². The molecule has 1 rings (SSSR count). The Morgan fingerprint density at radius 1 is 1.31 bits per heavy atom. The van der Waals surface area contributed by atoms with Crippen LogP contribution in [0.25, 0.3) is 0 Å². The van der Waals surface area contributed by atoms with Gasteiger partial charge in [-0.1, -0.05) is 29.8 Å². The summed E-state index contributed by atoms with van der Waals surface area (Å²) in [5.41, 5.74) is 2.58. The van der Waals surface area contributed by atoms with Crippen LogP contribution in [-0.4, -0.2) is 4.69 Å². The minimum atomic E-state index is 0.0969. The fourth-order valence-electron chi connectivity index (χ4n) is 1.19. The number of hydrogen-bond acceptors (Lipinski definition) is 1. The molecule has 1 aromatic rings. The van der Waals surface area contributed by atoms with E-state index in [1.807, 2.05) is 0 Å². The van der Waals surface area contributed by atoms with Gasteiger partial charge in [-0.3, -0.25) is 4.79 Å². The molecule has 0 aromatic heterocycles. The molecule has 0 fully saturated rings. The summed E-state index contributed by atoms with van der Waals surface area (Å²) in [5, 5.41) is 0. The highest BCUT2D eigenvalue weighted by Gasteiger charge is 1.96. The molecule has 13 heavy (non-hydrogen) atoms. The van der Waals surface area contributed by atoms with E-state index in [2.05, 4.69) is 47.1 Å². The highest BCUT2D eigenvalue weighted by atomic mass is 79.9. The van der Waals surface area contributed by atoms with Gasteiger partial charge in [-0.15, -0.1) is 0 Å². The SMILES string of the molecule is Cc1ccc(CCCC(=O)Br)cc1. The summed E-state index contributed by atoms with van der Waals surface area (Å²) in [7, 11) is 0. The lowest BCUT2D eigenvalue weighted by Crippen LogP contribution is -1.89. The van der Waals surface area contributed by atoms with Gasteiger partial charge < -0.3 is 0 Å². The van der Waals surface area contributed by atoms with Crippen molar-refractivity contribution in [2.75, 3.05) is 0 Å². The van der Waals surface area contributed by atoms with Crippen LogP contribution in [0.1, 0.15) is 24.0 Å². The van der Waals surface area contributed by atoms with Gasteiger partial charge in [0.05, 0.1) is 0 Å². The van der Waals surface area contributed by atoms with Crippen LogP contribution in [0, 0.1) is 6.92 Å². The van der Waals surface area contributed by atoms with Crippen LogP contribution < -0.4 is 0 Å². The number of benzene rings is 1. The third-order valence-corrected chi connectivity index (χ3v) is 2.36. The first-order valence-electron chi connectivity index (χ1n) is 4.42. The molecule has 0 unspecified atom stereocenters. The van der Waals surface area contributed by atoms with E-state index < -0.39 is 0 Å². The average molecular weight is 241 g/mol. The van der Waals surface area contributed by atoms with E-state index >= 15 is 0 Å². The molecule has 2 heteroatoms. The summed E-state index contributed by atoms with van der Waals surface area (Å²) in [6, 6.07) is 8.44. The lowest BCUT2D eigenvalue weighted by atomic mass is 10.1. The van der Waals surface area contributed by atoms with Gasteiger partial charge in [0.1, 0.15) is 0 Å². The van der Waals surface area contributed by atoms with Crippen LogP contribution in [-0.2, 0) is 11.2 Å². The first kappa shape index (κ1) is 10.5. The first-order valence-corrected chi connectivity index (χ1v) is 5.21. The van der Waals surface area contributed by atoms with Crippen molar-refractivity contribution in [2.24, 2.45) is 0 Å². The highest BCUT2D eigenvalue weighted by molar-refractivity contribution is 9.18. The molecule has 1 aromatic carbocycles. The normalized spacial score (nSPS) is 10.0. The summed E-state index contributed by atoms with van der Waals surface area (Å²) in [6.07, 6.45) is 2.53. The smallest absolute Gasteiger partial charge is 0.197 e. The van der Waals surface area contributed by atoms with Gasteiger partial charge in [-0.25, -0.2) is 0 Å². The molecular weight excluding hydrogens is 228 g/mol. The zero-order valence-electron chi connectivity index (χ0n) is 7.72. The van der Waals surface area contributed by atoms with Crippen molar-refractivity contribution < 1.29 is 4.79 Å².